The number of piperidine rings is 1. The molecule has 108 valence electrons. The number of pyridine rings is 1. The normalized spacial score (nSPS) is 16.1. The number of rotatable bonds is 3. The predicted molar refractivity (Wildman–Crippen MR) is 68.6 cm³/mol. The number of carbonyl (C=O) groups is 1. The first kappa shape index (κ1) is 14.0. The molecule has 2 heterocycles. The van der Waals surface area contributed by atoms with Crippen LogP contribution in [0.1, 0.15) is 23.2 Å². The van der Waals surface area contributed by atoms with Gasteiger partial charge in [-0.25, -0.2) is 14.2 Å². The Morgan fingerprint density at radius 2 is 2.15 bits per heavy atom. The molecule has 0 bridgehead atoms. The molecule has 2 rings (SSSR count). The quantitative estimate of drug-likeness (QED) is 0.631. The molecule has 1 aromatic rings. The van der Waals surface area contributed by atoms with Gasteiger partial charge in [0.15, 0.2) is 0 Å². The minimum absolute atomic E-state index is 0.0486. The Hall–Kier alpha value is -2.45. The van der Waals surface area contributed by atoms with Gasteiger partial charge in [0.2, 0.25) is 5.82 Å². The van der Waals surface area contributed by atoms with Crippen molar-refractivity contribution in [2.24, 2.45) is 0 Å². The summed E-state index contributed by atoms with van der Waals surface area (Å²) in [5.41, 5.74) is 4.63. The number of carboxylic acid groups (broad SMARTS) is 1. The first-order valence-corrected chi connectivity index (χ1v) is 5.97. The number of alkyl halides is 1. The van der Waals surface area contributed by atoms with Gasteiger partial charge in [-0.1, -0.05) is 0 Å². The summed E-state index contributed by atoms with van der Waals surface area (Å²) in [5.74, 6) is -1.64. The van der Waals surface area contributed by atoms with Crippen LogP contribution in [0.25, 0.3) is 0 Å². The summed E-state index contributed by atoms with van der Waals surface area (Å²) in [6.45, 7) is 0.595. The van der Waals surface area contributed by atoms with E-state index in [1.54, 1.807) is 4.90 Å². The second-order valence-electron chi connectivity index (χ2n) is 4.49. The topological polar surface area (TPSA) is 123 Å². The molecule has 1 saturated heterocycles. The van der Waals surface area contributed by atoms with Crippen molar-refractivity contribution < 1.29 is 19.2 Å². The molecule has 3 N–H and O–H groups in total. The van der Waals surface area contributed by atoms with Gasteiger partial charge >= 0.3 is 11.7 Å². The van der Waals surface area contributed by atoms with E-state index in [-0.39, 0.29) is 30.0 Å². The standard InChI is InChI=1S/C11H13FN4O4/c12-6-1-3-15(4-2-6)10-7(11(17)18)5-8(16(19)20)9(13)14-10/h5-6H,1-4H2,(H2,13,14)(H,17,18). The van der Waals surface area contributed by atoms with E-state index in [0.29, 0.717) is 13.1 Å². The first-order valence-electron chi connectivity index (χ1n) is 5.97. The van der Waals surface area contributed by atoms with Crippen LogP contribution in [0, 0.1) is 10.1 Å². The highest BCUT2D eigenvalue weighted by atomic mass is 19.1. The maximum absolute atomic E-state index is 13.1. The summed E-state index contributed by atoms with van der Waals surface area (Å²) < 4.78 is 13.1. The summed E-state index contributed by atoms with van der Waals surface area (Å²) in [7, 11) is 0. The maximum Gasteiger partial charge on any atom is 0.339 e. The minimum Gasteiger partial charge on any atom is -0.478 e. The number of aromatic nitrogens is 1. The van der Waals surface area contributed by atoms with E-state index >= 15 is 0 Å². The number of hydrogen-bond acceptors (Lipinski definition) is 6. The maximum atomic E-state index is 13.1. The van der Waals surface area contributed by atoms with Gasteiger partial charge in [0.05, 0.1) is 4.92 Å². The van der Waals surface area contributed by atoms with Crippen molar-refractivity contribution in [1.29, 1.82) is 0 Å². The van der Waals surface area contributed by atoms with Gasteiger partial charge in [-0.05, 0) is 12.8 Å². The molecule has 0 radical (unpaired) electrons. The number of carboxylic acids is 1. The second-order valence-corrected chi connectivity index (χ2v) is 4.49. The third-order valence-corrected chi connectivity index (χ3v) is 3.16. The van der Waals surface area contributed by atoms with Crippen LogP contribution in [0.3, 0.4) is 0 Å². The molecule has 8 nitrogen and oxygen atoms in total. The van der Waals surface area contributed by atoms with Crippen molar-refractivity contribution >= 4 is 23.3 Å². The van der Waals surface area contributed by atoms with Crippen LogP contribution in [0.2, 0.25) is 0 Å². The lowest BCUT2D eigenvalue weighted by atomic mass is 10.1. The summed E-state index contributed by atoms with van der Waals surface area (Å²) in [5, 5.41) is 19.9. The highest BCUT2D eigenvalue weighted by molar-refractivity contribution is 5.95. The van der Waals surface area contributed by atoms with E-state index in [1.165, 1.54) is 0 Å². The van der Waals surface area contributed by atoms with E-state index in [4.69, 9.17) is 10.8 Å². The molecule has 0 saturated carbocycles. The number of nitrogen functional groups attached to an aromatic ring is 1. The molecule has 0 amide bonds. The summed E-state index contributed by atoms with van der Waals surface area (Å²) in [6, 6.07) is 0.890. The Balaban J connectivity index is 2.44. The molecule has 0 aromatic carbocycles. The van der Waals surface area contributed by atoms with Crippen LogP contribution >= 0.6 is 0 Å². The van der Waals surface area contributed by atoms with E-state index < -0.39 is 22.8 Å². The molecule has 9 heteroatoms. The predicted octanol–water partition coefficient (Wildman–Crippen LogP) is 1.21. The third kappa shape index (κ3) is 2.60. The van der Waals surface area contributed by atoms with Gasteiger partial charge in [-0.2, -0.15) is 0 Å². The third-order valence-electron chi connectivity index (χ3n) is 3.16. The number of halogens is 1. The van der Waals surface area contributed by atoms with E-state index in [0.717, 1.165) is 6.07 Å². The van der Waals surface area contributed by atoms with Gasteiger partial charge in [0.1, 0.15) is 17.6 Å². The van der Waals surface area contributed by atoms with Crippen LogP contribution in [-0.2, 0) is 0 Å². The lowest BCUT2D eigenvalue weighted by Gasteiger charge is -2.30. The molecule has 0 spiro atoms. The summed E-state index contributed by atoms with van der Waals surface area (Å²) >= 11 is 0. The van der Waals surface area contributed by atoms with Crippen LogP contribution in [0.15, 0.2) is 6.07 Å². The fourth-order valence-electron chi connectivity index (χ4n) is 2.11. The van der Waals surface area contributed by atoms with E-state index in [2.05, 4.69) is 4.98 Å². The highest BCUT2D eigenvalue weighted by Gasteiger charge is 2.27. The van der Waals surface area contributed by atoms with Crippen LogP contribution in [0.4, 0.5) is 21.7 Å². The van der Waals surface area contributed by atoms with Crippen molar-refractivity contribution in [3.63, 3.8) is 0 Å². The van der Waals surface area contributed by atoms with Gasteiger partial charge in [-0.3, -0.25) is 10.1 Å². The lowest BCUT2D eigenvalue weighted by molar-refractivity contribution is -0.384. The molecule has 0 unspecified atom stereocenters. The zero-order chi connectivity index (χ0) is 14.9. The molecular formula is C11H13FN4O4. The van der Waals surface area contributed by atoms with Crippen molar-refractivity contribution in [3.05, 3.63) is 21.7 Å². The Kier molecular flexibility index (Phi) is 3.68. The van der Waals surface area contributed by atoms with Gasteiger partial charge in [0.25, 0.3) is 0 Å². The molecule has 1 aliphatic heterocycles. The molecule has 1 aliphatic rings. The van der Waals surface area contributed by atoms with Crippen molar-refractivity contribution in [2.75, 3.05) is 23.7 Å². The molecule has 0 atom stereocenters. The average molecular weight is 284 g/mol. The molecule has 1 fully saturated rings. The molecule has 0 aliphatic carbocycles. The fourth-order valence-corrected chi connectivity index (χ4v) is 2.11. The van der Waals surface area contributed by atoms with E-state index in [1.807, 2.05) is 0 Å². The van der Waals surface area contributed by atoms with Gasteiger partial charge in [-0.15, -0.1) is 0 Å². The molecular weight excluding hydrogens is 271 g/mol. The lowest BCUT2D eigenvalue weighted by Crippen LogP contribution is -2.36. The van der Waals surface area contributed by atoms with Crippen molar-refractivity contribution in [1.82, 2.24) is 4.98 Å². The number of anilines is 2. The molecule has 20 heavy (non-hydrogen) atoms. The largest absolute Gasteiger partial charge is 0.478 e. The van der Waals surface area contributed by atoms with Crippen LogP contribution in [0.5, 0.6) is 0 Å². The number of aromatic carboxylic acids is 1. The number of hydrogen-bond donors (Lipinski definition) is 2. The highest BCUT2D eigenvalue weighted by Crippen LogP contribution is 2.30. The zero-order valence-corrected chi connectivity index (χ0v) is 10.5. The molecule has 1 aromatic heterocycles. The van der Waals surface area contributed by atoms with Gasteiger partial charge in [0, 0.05) is 19.2 Å². The SMILES string of the molecule is Nc1nc(N2CCC(F)CC2)c(C(=O)O)cc1[N+](=O)[O-]. The summed E-state index contributed by atoms with van der Waals surface area (Å²) in [4.78, 5) is 26.6. The van der Waals surface area contributed by atoms with E-state index in [9.17, 15) is 19.3 Å². The monoisotopic (exact) mass is 284 g/mol. The Bertz CT molecular complexity index is 558. The Labute approximate surface area is 113 Å². The number of nitrogens with zero attached hydrogens (tertiary/aromatic N) is 3. The first-order chi connectivity index (χ1) is 9.40. The average Bonchev–Trinajstić information content (AvgIpc) is 2.38. The second kappa shape index (κ2) is 5.27. The number of nitrogens with two attached hydrogens (primary N) is 1. The summed E-state index contributed by atoms with van der Waals surface area (Å²) in [6.07, 6.45) is -0.398. The zero-order valence-electron chi connectivity index (χ0n) is 10.5. The van der Waals surface area contributed by atoms with Crippen molar-refractivity contribution in [2.45, 2.75) is 19.0 Å². The van der Waals surface area contributed by atoms with Crippen LogP contribution < -0.4 is 10.6 Å². The minimum atomic E-state index is -1.34. The number of nitro groups is 1. The Morgan fingerprint density at radius 3 is 2.65 bits per heavy atom. The smallest absolute Gasteiger partial charge is 0.339 e. The van der Waals surface area contributed by atoms with Crippen molar-refractivity contribution in [3.8, 4) is 0 Å². The van der Waals surface area contributed by atoms with Gasteiger partial charge < -0.3 is 15.7 Å². The Morgan fingerprint density at radius 1 is 1.55 bits per heavy atom. The van der Waals surface area contributed by atoms with Crippen LogP contribution in [-0.4, -0.2) is 40.2 Å². The fraction of sp³-hybridized carbons (Fsp3) is 0.455.